The van der Waals surface area contributed by atoms with Gasteiger partial charge < -0.3 is 10.2 Å². The lowest BCUT2D eigenvalue weighted by atomic mass is 10.2. The Hall–Kier alpha value is -1.38. The lowest BCUT2D eigenvalue weighted by Crippen LogP contribution is -2.43. The third-order valence-corrected chi connectivity index (χ3v) is 3.95. The summed E-state index contributed by atoms with van der Waals surface area (Å²) in [6.07, 6.45) is 3.46. The van der Waals surface area contributed by atoms with E-state index < -0.39 is 0 Å². The minimum atomic E-state index is -0.382. The van der Waals surface area contributed by atoms with Gasteiger partial charge in [0.05, 0.1) is 11.5 Å². The van der Waals surface area contributed by atoms with Crippen LogP contribution in [0.2, 0.25) is 0 Å². The zero-order chi connectivity index (χ0) is 15.9. The number of hydrogen-bond acceptors (Lipinski definition) is 3. The van der Waals surface area contributed by atoms with E-state index in [1.54, 1.807) is 12.1 Å². The van der Waals surface area contributed by atoms with Crippen molar-refractivity contribution in [1.82, 2.24) is 10.2 Å². The Balaban J connectivity index is 0.00000264. The molecule has 1 unspecified atom stereocenters. The van der Waals surface area contributed by atoms with Crippen LogP contribution in [0.5, 0.6) is 0 Å². The van der Waals surface area contributed by atoms with Crippen molar-refractivity contribution in [2.75, 3.05) is 13.1 Å². The van der Waals surface area contributed by atoms with Crippen molar-refractivity contribution in [2.45, 2.75) is 45.7 Å². The topological polar surface area (TPSA) is 70.8 Å². The van der Waals surface area contributed by atoms with Gasteiger partial charge >= 0.3 is 0 Å². The lowest BCUT2D eigenvalue weighted by Gasteiger charge is -2.24. The van der Waals surface area contributed by atoms with Crippen LogP contribution in [0.3, 0.4) is 0 Å². The monoisotopic (exact) mass is 432 g/mol. The van der Waals surface area contributed by atoms with Crippen molar-refractivity contribution < 1.29 is 4.92 Å². The Labute approximate surface area is 154 Å². The first kappa shape index (κ1) is 19.7. The van der Waals surface area contributed by atoms with E-state index in [-0.39, 0.29) is 34.6 Å². The maximum atomic E-state index is 10.7. The van der Waals surface area contributed by atoms with Crippen molar-refractivity contribution in [3.8, 4) is 0 Å². The van der Waals surface area contributed by atoms with Crippen molar-refractivity contribution in [3.05, 3.63) is 39.9 Å². The molecule has 1 fully saturated rings. The number of rotatable bonds is 5. The molecule has 6 nitrogen and oxygen atoms in total. The molecule has 1 atom stereocenters. The molecule has 0 aliphatic carbocycles. The molecule has 1 aliphatic heterocycles. The number of nitrogens with zero attached hydrogens (tertiary/aromatic N) is 3. The van der Waals surface area contributed by atoms with Crippen LogP contribution in [0.15, 0.2) is 29.3 Å². The van der Waals surface area contributed by atoms with Gasteiger partial charge in [0.1, 0.15) is 0 Å². The number of likely N-dealkylation sites (tertiary alicyclic amines) is 1. The summed E-state index contributed by atoms with van der Waals surface area (Å²) in [5.74, 6) is 0.949. The highest BCUT2D eigenvalue weighted by Crippen LogP contribution is 2.13. The van der Waals surface area contributed by atoms with E-state index in [1.807, 2.05) is 0 Å². The van der Waals surface area contributed by atoms with Crippen LogP contribution >= 0.6 is 24.0 Å². The minimum Gasteiger partial charge on any atom is -0.354 e. The largest absolute Gasteiger partial charge is 0.354 e. The summed E-state index contributed by atoms with van der Waals surface area (Å²) in [5.41, 5.74) is 1.10. The molecule has 1 aromatic rings. The standard InChI is InChI=1S/C16H24N4O2.HI/c1-3-13(2)18-16(19-10-4-5-11-19)17-12-14-6-8-15(9-7-14)20(21)22;/h6-9,13H,3-5,10-12H2,1-2H3,(H,17,18);1H. The van der Waals surface area contributed by atoms with Gasteiger partial charge in [-0.15, -0.1) is 24.0 Å². The lowest BCUT2D eigenvalue weighted by molar-refractivity contribution is -0.384. The highest BCUT2D eigenvalue weighted by molar-refractivity contribution is 14.0. The smallest absolute Gasteiger partial charge is 0.269 e. The number of halogens is 1. The fourth-order valence-corrected chi connectivity index (χ4v) is 2.38. The summed E-state index contributed by atoms with van der Waals surface area (Å²) in [7, 11) is 0. The molecule has 0 aromatic heterocycles. The fourth-order valence-electron chi connectivity index (χ4n) is 2.38. The number of aliphatic imine (C=N–C) groups is 1. The molecule has 23 heavy (non-hydrogen) atoms. The second-order valence-electron chi connectivity index (χ2n) is 5.71. The van der Waals surface area contributed by atoms with Gasteiger partial charge in [0.15, 0.2) is 5.96 Å². The third kappa shape index (κ3) is 5.96. The van der Waals surface area contributed by atoms with Crippen LogP contribution in [-0.2, 0) is 6.54 Å². The molecule has 1 aromatic carbocycles. The van der Waals surface area contributed by atoms with E-state index in [2.05, 4.69) is 24.1 Å². The number of nitro groups is 1. The van der Waals surface area contributed by atoms with Crippen LogP contribution in [-0.4, -0.2) is 34.9 Å². The van der Waals surface area contributed by atoms with E-state index in [0.29, 0.717) is 12.6 Å². The second kappa shape index (κ2) is 9.69. The second-order valence-corrected chi connectivity index (χ2v) is 5.71. The van der Waals surface area contributed by atoms with E-state index in [9.17, 15) is 10.1 Å². The molecule has 2 rings (SSSR count). The van der Waals surface area contributed by atoms with Gasteiger partial charge in [-0.25, -0.2) is 4.99 Å². The Morgan fingerprint density at radius 2 is 1.96 bits per heavy atom. The van der Waals surface area contributed by atoms with Gasteiger partial charge in [-0.05, 0) is 31.7 Å². The molecule has 1 aliphatic rings. The zero-order valence-electron chi connectivity index (χ0n) is 13.7. The Bertz CT molecular complexity index is 527. The maximum absolute atomic E-state index is 10.7. The third-order valence-electron chi connectivity index (χ3n) is 3.95. The van der Waals surface area contributed by atoms with Crippen LogP contribution in [0, 0.1) is 10.1 Å². The van der Waals surface area contributed by atoms with E-state index in [1.165, 1.54) is 25.0 Å². The van der Waals surface area contributed by atoms with Gasteiger partial charge in [0.25, 0.3) is 5.69 Å². The summed E-state index contributed by atoms with van der Waals surface area (Å²) >= 11 is 0. The summed E-state index contributed by atoms with van der Waals surface area (Å²) in [6, 6.07) is 6.99. The first-order chi connectivity index (χ1) is 10.6. The summed E-state index contributed by atoms with van der Waals surface area (Å²) in [6.45, 7) is 6.92. The molecule has 0 amide bonds. The molecule has 0 saturated carbocycles. The molecule has 1 N–H and O–H groups in total. The van der Waals surface area contributed by atoms with E-state index in [0.717, 1.165) is 31.0 Å². The van der Waals surface area contributed by atoms with Crippen molar-refractivity contribution in [2.24, 2.45) is 4.99 Å². The van der Waals surface area contributed by atoms with Gasteiger partial charge in [0.2, 0.25) is 0 Å². The van der Waals surface area contributed by atoms with Crippen LogP contribution in [0.25, 0.3) is 0 Å². The summed E-state index contributed by atoms with van der Waals surface area (Å²) < 4.78 is 0. The highest BCUT2D eigenvalue weighted by Gasteiger charge is 2.17. The first-order valence-corrected chi connectivity index (χ1v) is 7.89. The zero-order valence-corrected chi connectivity index (χ0v) is 16.0. The summed E-state index contributed by atoms with van der Waals surface area (Å²) in [5, 5.41) is 14.1. The van der Waals surface area contributed by atoms with Gasteiger partial charge in [-0.1, -0.05) is 19.1 Å². The molecule has 0 spiro atoms. The Kier molecular flexibility index (Phi) is 8.29. The minimum absolute atomic E-state index is 0. The van der Waals surface area contributed by atoms with Gasteiger partial charge in [-0.3, -0.25) is 10.1 Å². The number of hydrogen-bond donors (Lipinski definition) is 1. The molecule has 0 radical (unpaired) electrons. The number of benzene rings is 1. The van der Waals surface area contributed by atoms with Crippen LogP contribution in [0.4, 0.5) is 5.69 Å². The molecule has 1 heterocycles. The van der Waals surface area contributed by atoms with E-state index in [4.69, 9.17) is 4.99 Å². The quantitative estimate of drug-likeness (QED) is 0.254. The molecular formula is C16H25IN4O2. The number of nitro benzene ring substituents is 1. The molecule has 0 bridgehead atoms. The highest BCUT2D eigenvalue weighted by atomic mass is 127. The van der Waals surface area contributed by atoms with Gasteiger partial charge in [0, 0.05) is 31.3 Å². The predicted molar refractivity (Wildman–Crippen MR) is 103 cm³/mol. The fraction of sp³-hybridized carbons (Fsp3) is 0.562. The number of guanidine groups is 1. The number of nitrogens with one attached hydrogen (secondary N) is 1. The van der Waals surface area contributed by atoms with Crippen molar-refractivity contribution in [1.29, 1.82) is 0 Å². The van der Waals surface area contributed by atoms with E-state index >= 15 is 0 Å². The van der Waals surface area contributed by atoms with Crippen molar-refractivity contribution >= 4 is 35.6 Å². The maximum Gasteiger partial charge on any atom is 0.269 e. The Morgan fingerprint density at radius 1 is 1.35 bits per heavy atom. The molecule has 128 valence electrons. The van der Waals surface area contributed by atoms with Gasteiger partial charge in [-0.2, -0.15) is 0 Å². The number of non-ortho nitro benzene ring substituents is 1. The Morgan fingerprint density at radius 3 is 2.48 bits per heavy atom. The average Bonchev–Trinajstić information content (AvgIpc) is 3.05. The first-order valence-electron chi connectivity index (χ1n) is 7.89. The molecular weight excluding hydrogens is 407 g/mol. The normalized spacial score (nSPS) is 15.9. The SMILES string of the molecule is CCC(C)NC(=NCc1ccc([N+](=O)[O-])cc1)N1CCCC1.I. The average molecular weight is 432 g/mol. The molecule has 1 saturated heterocycles. The van der Waals surface area contributed by atoms with Crippen LogP contribution < -0.4 is 5.32 Å². The summed E-state index contributed by atoms with van der Waals surface area (Å²) in [4.78, 5) is 17.3. The predicted octanol–water partition coefficient (Wildman–Crippen LogP) is 3.55. The molecule has 7 heteroatoms. The van der Waals surface area contributed by atoms with Crippen molar-refractivity contribution in [3.63, 3.8) is 0 Å². The van der Waals surface area contributed by atoms with Crippen LogP contribution in [0.1, 0.15) is 38.7 Å².